The Bertz CT molecular complexity index is 1860. The SMILES string of the molecule is O=C1CCC(Nc2ccc(N3CCN(C(=O)N4CCC(COc5cc(F)c6c(=O)[nH]c(CSC7CCOCC7)nc6c5)CC4)CC3)c(F)c2)C(=O)N1. The van der Waals surface area contributed by atoms with E-state index in [4.69, 9.17) is 9.47 Å². The number of piperazine rings is 1. The zero-order chi connectivity index (χ0) is 36.2. The number of aromatic nitrogens is 2. The molecule has 4 aliphatic heterocycles. The van der Waals surface area contributed by atoms with Crippen molar-refractivity contribution in [3.63, 3.8) is 0 Å². The Morgan fingerprint density at radius 3 is 2.42 bits per heavy atom. The molecule has 7 rings (SSSR count). The molecule has 1 unspecified atom stereocenters. The minimum Gasteiger partial charge on any atom is -0.493 e. The number of rotatable bonds is 9. The minimum atomic E-state index is -0.674. The van der Waals surface area contributed by atoms with Crippen LogP contribution in [0.5, 0.6) is 5.75 Å². The second kappa shape index (κ2) is 16.1. The molecule has 4 aliphatic rings. The van der Waals surface area contributed by atoms with Gasteiger partial charge in [-0.15, -0.1) is 0 Å². The number of carbonyl (C=O) groups excluding carboxylic acids is 3. The van der Waals surface area contributed by atoms with Crippen LogP contribution in [0.25, 0.3) is 10.9 Å². The fraction of sp³-hybridized carbons (Fsp3) is 0.528. The van der Waals surface area contributed by atoms with Crippen molar-refractivity contribution in [3.05, 3.63) is 58.1 Å². The monoisotopic (exact) mass is 739 g/mol. The number of likely N-dealkylation sites (tertiary alicyclic amines) is 1. The fourth-order valence-corrected chi connectivity index (χ4v) is 8.22. The van der Waals surface area contributed by atoms with Crippen molar-refractivity contribution >= 4 is 51.9 Å². The van der Waals surface area contributed by atoms with Crippen LogP contribution in [0.2, 0.25) is 0 Å². The summed E-state index contributed by atoms with van der Waals surface area (Å²) in [5, 5.41) is 5.65. The molecule has 4 fully saturated rings. The number of fused-ring (bicyclic) bond motifs is 1. The molecule has 3 aromatic rings. The molecule has 2 aromatic carbocycles. The van der Waals surface area contributed by atoms with Crippen molar-refractivity contribution in [2.75, 3.05) is 69.3 Å². The summed E-state index contributed by atoms with van der Waals surface area (Å²) in [6, 6.07) is 6.95. The van der Waals surface area contributed by atoms with Gasteiger partial charge in [-0.2, -0.15) is 11.8 Å². The first-order valence-corrected chi connectivity index (χ1v) is 19.0. The number of nitrogens with zero attached hydrogens (tertiary/aromatic N) is 4. The molecule has 3 N–H and O–H groups in total. The van der Waals surface area contributed by atoms with Gasteiger partial charge in [-0.3, -0.25) is 19.7 Å². The predicted molar refractivity (Wildman–Crippen MR) is 193 cm³/mol. The molecule has 0 spiro atoms. The van der Waals surface area contributed by atoms with E-state index in [1.54, 1.807) is 34.9 Å². The number of carbonyl (C=O) groups is 3. The average Bonchev–Trinajstić information content (AvgIpc) is 3.14. The standard InChI is InChI=1S/C36H43F2N7O6S/c37-26-17-23(39-28-2-4-32(46)42-34(28)47)1-3-30(26)43-11-13-45(14-12-43)36(49)44-9-5-22(6-10-44)20-51-24-18-27(38)33-29(19-24)40-31(41-35(33)48)21-52-25-7-15-50-16-8-25/h1,3,17-19,22,25,28,39H,2,4-16,20-21H2,(H,40,41,48)(H,42,46,47). The number of urea groups is 1. The molecule has 16 heteroatoms. The van der Waals surface area contributed by atoms with Crippen LogP contribution in [0.15, 0.2) is 35.1 Å². The largest absolute Gasteiger partial charge is 0.493 e. The van der Waals surface area contributed by atoms with Crippen LogP contribution >= 0.6 is 11.8 Å². The van der Waals surface area contributed by atoms with Crippen LogP contribution in [-0.4, -0.2) is 108 Å². The highest BCUT2D eigenvalue weighted by Crippen LogP contribution is 2.28. The van der Waals surface area contributed by atoms with Gasteiger partial charge in [0.15, 0.2) is 0 Å². The Balaban J connectivity index is 0.864. The molecule has 4 saturated heterocycles. The van der Waals surface area contributed by atoms with Crippen molar-refractivity contribution in [2.24, 2.45) is 5.92 Å². The van der Waals surface area contributed by atoms with E-state index in [-0.39, 0.29) is 35.2 Å². The van der Waals surface area contributed by atoms with E-state index in [1.165, 1.54) is 12.1 Å². The summed E-state index contributed by atoms with van der Waals surface area (Å²) in [6.07, 6.45) is 3.95. The van der Waals surface area contributed by atoms with Crippen LogP contribution in [0.4, 0.5) is 25.0 Å². The molecule has 5 heterocycles. The summed E-state index contributed by atoms with van der Waals surface area (Å²) in [6.45, 7) is 4.83. The first-order chi connectivity index (χ1) is 25.2. The molecule has 52 heavy (non-hydrogen) atoms. The summed E-state index contributed by atoms with van der Waals surface area (Å²) in [7, 11) is 0. The maximum Gasteiger partial charge on any atom is 0.320 e. The molecule has 0 radical (unpaired) electrons. The number of imide groups is 1. The number of H-pyrrole nitrogens is 1. The smallest absolute Gasteiger partial charge is 0.320 e. The molecule has 0 aliphatic carbocycles. The first-order valence-electron chi connectivity index (χ1n) is 17.9. The number of hydrogen-bond acceptors (Lipinski definition) is 10. The van der Waals surface area contributed by atoms with E-state index >= 15 is 8.78 Å². The van der Waals surface area contributed by atoms with Crippen molar-refractivity contribution in [3.8, 4) is 5.75 Å². The number of anilines is 2. The lowest BCUT2D eigenvalue weighted by atomic mass is 9.98. The summed E-state index contributed by atoms with van der Waals surface area (Å²) < 4.78 is 41.6. The Labute approximate surface area is 303 Å². The normalized spacial score (nSPS) is 20.7. The third kappa shape index (κ3) is 8.44. The van der Waals surface area contributed by atoms with Crippen LogP contribution in [0.1, 0.15) is 44.3 Å². The number of hydrogen-bond donors (Lipinski definition) is 3. The second-order valence-corrected chi connectivity index (χ2v) is 15.0. The molecule has 4 amide bonds. The summed E-state index contributed by atoms with van der Waals surface area (Å²) in [4.78, 5) is 62.3. The highest BCUT2D eigenvalue weighted by atomic mass is 32.2. The Hall–Kier alpha value is -4.44. The Kier molecular flexibility index (Phi) is 11.1. The summed E-state index contributed by atoms with van der Waals surface area (Å²) >= 11 is 1.72. The lowest BCUT2D eigenvalue weighted by Crippen LogP contribution is -2.54. The Morgan fingerprint density at radius 2 is 1.69 bits per heavy atom. The van der Waals surface area contributed by atoms with Crippen LogP contribution < -0.4 is 25.8 Å². The third-order valence-corrected chi connectivity index (χ3v) is 11.6. The molecular formula is C36H43F2N7O6S. The van der Waals surface area contributed by atoms with Gasteiger partial charge in [-0.25, -0.2) is 18.6 Å². The molecular weight excluding hydrogens is 697 g/mol. The molecule has 278 valence electrons. The molecule has 0 saturated carbocycles. The molecule has 13 nitrogen and oxygen atoms in total. The van der Waals surface area contributed by atoms with Crippen LogP contribution in [-0.2, 0) is 20.1 Å². The van der Waals surface area contributed by atoms with Gasteiger partial charge < -0.3 is 34.5 Å². The van der Waals surface area contributed by atoms with Crippen molar-refractivity contribution in [1.82, 2.24) is 25.1 Å². The summed E-state index contributed by atoms with van der Waals surface area (Å²) in [5.41, 5.74) is 0.655. The molecule has 0 bridgehead atoms. The number of thioether (sulfide) groups is 1. The Morgan fingerprint density at radius 1 is 0.942 bits per heavy atom. The number of aromatic amines is 1. The number of benzene rings is 2. The number of amides is 4. The van der Waals surface area contributed by atoms with Crippen LogP contribution in [0, 0.1) is 17.6 Å². The number of nitrogens with one attached hydrogen (secondary N) is 3. The van der Waals surface area contributed by atoms with Crippen molar-refractivity contribution in [2.45, 2.75) is 55.6 Å². The predicted octanol–water partition coefficient (Wildman–Crippen LogP) is 3.86. The highest BCUT2D eigenvalue weighted by molar-refractivity contribution is 7.99. The minimum absolute atomic E-state index is 0.0398. The lowest BCUT2D eigenvalue weighted by molar-refractivity contribution is -0.133. The first kappa shape index (κ1) is 35.9. The average molecular weight is 740 g/mol. The van der Waals surface area contributed by atoms with Gasteiger partial charge in [-0.05, 0) is 56.2 Å². The van der Waals surface area contributed by atoms with E-state index in [9.17, 15) is 19.2 Å². The zero-order valence-corrected chi connectivity index (χ0v) is 29.7. The fourth-order valence-electron chi connectivity index (χ4n) is 7.17. The maximum absolute atomic E-state index is 15.1. The van der Waals surface area contributed by atoms with E-state index in [2.05, 4.69) is 20.6 Å². The van der Waals surface area contributed by atoms with Crippen LogP contribution in [0.3, 0.4) is 0 Å². The van der Waals surface area contributed by atoms with E-state index in [1.807, 2.05) is 9.80 Å². The third-order valence-electron chi connectivity index (χ3n) is 10.2. The van der Waals surface area contributed by atoms with E-state index in [0.717, 1.165) is 38.9 Å². The van der Waals surface area contributed by atoms with E-state index in [0.29, 0.717) is 86.2 Å². The topological polar surface area (TPSA) is 149 Å². The van der Waals surface area contributed by atoms with Gasteiger partial charge in [0.25, 0.3) is 5.56 Å². The molecule has 1 aromatic heterocycles. The van der Waals surface area contributed by atoms with Gasteiger partial charge in [0, 0.05) is 82.0 Å². The molecule has 1 atom stereocenters. The van der Waals surface area contributed by atoms with Gasteiger partial charge in [0.1, 0.15) is 34.6 Å². The van der Waals surface area contributed by atoms with Gasteiger partial charge in [-0.1, -0.05) is 0 Å². The van der Waals surface area contributed by atoms with Crippen molar-refractivity contribution in [1.29, 1.82) is 0 Å². The highest BCUT2D eigenvalue weighted by Gasteiger charge is 2.30. The van der Waals surface area contributed by atoms with Gasteiger partial charge in [0.05, 0.1) is 23.6 Å². The lowest BCUT2D eigenvalue weighted by Gasteiger charge is -2.40. The second-order valence-electron chi connectivity index (χ2n) is 13.7. The quantitative estimate of drug-likeness (QED) is 0.277. The maximum atomic E-state index is 15.1. The zero-order valence-electron chi connectivity index (χ0n) is 28.8. The number of piperidine rings is 2. The number of halogens is 2. The van der Waals surface area contributed by atoms with Gasteiger partial charge >= 0.3 is 6.03 Å². The number of ether oxygens (including phenoxy) is 2. The summed E-state index contributed by atoms with van der Waals surface area (Å²) in [5.74, 6) is -0.305. The van der Waals surface area contributed by atoms with E-state index < -0.39 is 29.1 Å². The van der Waals surface area contributed by atoms with Crippen molar-refractivity contribution < 1.29 is 32.6 Å². The van der Waals surface area contributed by atoms with Gasteiger partial charge in [0.2, 0.25) is 11.8 Å².